The van der Waals surface area contributed by atoms with E-state index in [-0.39, 0.29) is 5.91 Å². The van der Waals surface area contributed by atoms with Crippen LogP contribution in [0.25, 0.3) is 0 Å². The SMILES string of the molecule is COCCN1CCc2cccc(N)c2C1=O. The summed E-state index contributed by atoms with van der Waals surface area (Å²) in [4.78, 5) is 13.9. The number of benzene rings is 1. The summed E-state index contributed by atoms with van der Waals surface area (Å²) in [6, 6.07) is 5.64. The van der Waals surface area contributed by atoms with Crippen LogP contribution in [0.1, 0.15) is 15.9 Å². The van der Waals surface area contributed by atoms with Gasteiger partial charge in [-0.1, -0.05) is 12.1 Å². The molecule has 1 aliphatic rings. The van der Waals surface area contributed by atoms with E-state index in [9.17, 15) is 4.79 Å². The van der Waals surface area contributed by atoms with Gasteiger partial charge >= 0.3 is 0 Å². The third-order valence-electron chi connectivity index (χ3n) is 2.90. The van der Waals surface area contributed by atoms with Crippen molar-refractivity contribution < 1.29 is 9.53 Å². The van der Waals surface area contributed by atoms with Crippen molar-refractivity contribution >= 4 is 11.6 Å². The summed E-state index contributed by atoms with van der Waals surface area (Å²) in [6.45, 7) is 1.94. The van der Waals surface area contributed by atoms with Gasteiger partial charge in [0, 0.05) is 25.9 Å². The minimum atomic E-state index is 0.0244. The van der Waals surface area contributed by atoms with E-state index in [0.29, 0.717) is 24.4 Å². The Kier molecular flexibility index (Phi) is 3.10. The molecule has 1 amide bonds. The Hall–Kier alpha value is -1.55. The van der Waals surface area contributed by atoms with Gasteiger partial charge in [-0.05, 0) is 18.1 Å². The maximum atomic E-state index is 12.1. The summed E-state index contributed by atoms with van der Waals surface area (Å²) in [5.41, 5.74) is 8.14. The second kappa shape index (κ2) is 4.53. The predicted octanol–water partition coefficient (Wildman–Crippen LogP) is 0.914. The molecule has 0 saturated heterocycles. The second-order valence-electron chi connectivity index (χ2n) is 3.92. The number of nitrogens with two attached hydrogens (primary N) is 1. The number of methoxy groups -OCH3 is 1. The first-order chi connectivity index (χ1) is 7.74. The van der Waals surface area contributed by atoms with Gasteiger partial charge in [0.2, 0.25) is 0 Å². The van der Waals surface area contributed by atoms with E-state index in [1.165, 1.54) is 0 Å². The fraction of sp³-hybridized carbons (Fsp3) is 0.417. The molecule has 86 valence electrons. The summed E-state index contributed by atoms with van der Waals surface area (Å²) >= 11 is 0. The molecule has 2 rings (SSSR count). The molecule has 0 fully saturated rings. The molecule has 1 aliphatic heterocycles. The summed E-state index contributed by atoms with van der Waals surface area (Å²) in [5.74, 6) is 0.0244. The lowest BCUT2D eigenvalue weighted by Crippen LogP contribution is -2.40. The molecule has 0 aromatic heterocycles. The van der Waals surface area contributed by atoms with Crippen LogP contribution in [0, 0.1) is 0 Å². The van der Waals surface area contributed by atoms with E-state index in [0.717, 1.165) is 18.5 Å². The van der Waals surface area contributed by atoms with Crippen LogP contribution in [0.4, 0.5) is 5.69 Å². The van der Waals surface area contributed by atoms with Crippen molar-refractivity contribution in [3.8, 4) is 0 Å². The molecule has 0 atom stereocenters. The number of anilines is 1. The van der Waals surface area contributed by atoms with Gasteiger partial charge in [-0.25, -0.2) is 0 Å². The zero-order valence-electron chi connectivity index (χ0n) is 9.40. The predicted molar refractivity (Wildman–Crippen MR) is 62.3 cm³/mol. The van der Waals surface area contributed by atoms with Crippen molar-refractivity contribution in [1.29, 1.82) is 0 Å². The summed E-state index contributed by atoms with van der Waals surface area (Å²) < 4.78 is 4.99. The first kappa shape index (κ1) is 11.0. The molecule has 4 nitrogen and oxygen atoms in total. The van der Waals surface area contributed by atoms with Crippen molar-refractivity contribution in [2.24, 2.45) is 0 Å². The average Bonchev–Trinajstić information content (AvgIpc) is 2.28. The van der Waals surface area contributed by atoms with Crippen LogP contribution < -0.4 is 5.73 Å². The van der Waals surface area contributed by atoms with E-state index in [1.54, 1.807) is 18.1 Å². The maximum absolute atomic E-state index is 12.1. The fourth-order valence-corrected chi connectivity index (χ4v) is 2.02. The number of nitrogens with zero attached hydrogens (tertiary/aromatic N) is 1. The molecular weight excluding hydrogens is 204 g/mol. The molecule has 0 saturated carbocycles. The number of rotatable bonds is 3. The standard InChI is InChI=1S/C12H16N2O2/c1-16-8-7-14-6-5-9-3-2-4-10(13)11(9)12(14)15/h2-4H,5-8,13H2,1H3. The molecule has 1 aromatic carbocycles. The largest absolute Gasteiger partial charge is 0.398 e. The Morgan fingerprint density at radius 3 is 3.06 bits per heavy atom. The molecule has 0 spiro atoms. The van der Waals surface area contributed by atoms with Gasteiger partial charge in [0.1, 0.15) is 0 Å². The van der Waals surface area contributed by atoms with Crippen LogP contribution in [0.5, 0.6) is 0 Å². The molecule has 4 heteroatoms. The van der Waals surface area contributed by atoms with Gasteiger partial charge in [-0.3, -0.25) is 4.79 Å². The number of carbonyl (C=O) groups excluding carboxylic acids is 1. The highest BCUT2D eigenvalue weighted by atomic mass is 16.5. The average molecular weight is 220 g/mol. The first-order valence-electron chi connectivity index (χ1n) is 5.39. The second-order valence-corrected chi connectivity index (χ2v) is 3.92. The molecule has 16 heavy (non-hydrogen) atoms. The summed E-state index contributed by atoms with van der Waals surface area (Å²) in [6.07, 6.45) is 0.871. The number of hydrogen-bond acceptors (Lipinski definition) is 3. The molecule has 1 heterocycles. The number of amides is 1. The van der Waals surface area contributed by atoms with Crippen LogP contribution in [-0.4, -0.2) is 37.6 Å². The normalized spacial score (nSPS) is 15.1. The zero-order valence-corrected chi connectivity index (χ0v) is 9.40. The van der Waals surface area contributed by atoms with Gasteiger partial charge in [-0.15, -0.1) is 0 Å². The van der Waals surface area contributed by atoms with Crippen molar-refractivity contribution in [3.63, 3.8) is 0 Å². The lowest BCUT2D eigenvalue weighted by molar-refractivity contribution is 0.0680. The van der Waals surface area contributed by atoms with Crippen LogP contribution in [-0.2, 0) is 11.2 Å². The molecule has 2 N–H and O–H groups in total. The van der Waals surface area contributed by atoms with Crippen molar-refractivity contribution in [3.05, 3.63) is 29.3 Å². The first-order valence-corrected chi connectivity index (χ1v) is 5.39. The molecule has 0 bridgehead atoms. The van der Waals surface area contributed by atoms with E-state index < -0.39 is 0 Å². The highest BCUT2D eigenvalue weighted by Gasteiger charge is 2.25. The van der Waals surface area contributed by atoms with E-state index in [4.69, 9.17) is 10.5 Å². The number of hydrogen-bond donors (Lipinski definition) is 1. The third-order valence-corrected chi connectivity index (χ3v) is 2.90. The Bertz CT molecular complexity index is 404. The number of fused-ring (bicyclic) bond motifs is 1. The summed E-state index contributed by atoms with van der Waals surface area (Å²) in [7, 11) is 1.64. The number of carbonyl (C=O) groups is 1. The van der Waals surface area contributed by atoms with Crippen molar-refractivity contribution in [1.82, 2.24) is 4.90 Å². The van der Waals surface area contributed by atoms with Gasteiger partial charge in [0.05, 0.1) is 12.2 Å². The Labute approximate surface area is 95.0 Å². The Morgan fingerprint density at radius 1 is 1.50 bits per heavy atom. The highest BCUT2D eigenvalue weighted by molar-refractivity contribution is 6.01. The molecule has 1 aromatic rings. The Morgan fingerprint density at radius 2 is 2.31 bits per heavy atom. The van der Waals surface area contributed by atoms with Crippen LogP contribution in [0.2, 0.25) is 0 Å². The van der Waals surface area contributed by atoms with Gasteiger partial charge < -0.3 is 15.4 Å². The van der Waals surface area contributed by atoms with Crippen molar-refractivity contribution in [2.75, 3.05) is 32.5 Å². The minimum Gasteiger partial charge on any atom is -0.398 e. The van der Waals surface area contributed by atoms with Crippen LogP contribution in [0.15, 0.2) is 18.2 Å². The van der Waals surface area contributed by atoms with Gasteiger partial charge in [-0.2, -0.15) is 0 Å². The summed E-state index contributed by atoms with van der Waals surface area (Å²) in [5, 5.41) is 0. The number of ether oxygens (including phenoxy) is 1. The third kappa shape index (κ3) is 1.88. The van der Waals surface area contributed by atoms with Gasteiger partial charge in [0.25, 0.3) is 5.91 Å². The zero-order chi connectivity index (χ0) is 11.5. The smallest absolute Gasteiger partial charge is 0.256 e. The van der Waals surface area contributed by atoms with Crippen molar-refractivity contribution in [2.45, 2.75) is 6.42 Å². The lowest BCUT2D eigenvalue weighted by atomic mass is 9.97. The lowest BCUT2D eigenvalue weighted by Gasteiger charge is -2.29. The monoisotopic (exact) mass is 220 g/mol. The number of nitrogen functional groups attached to an aromatic ring is 1. The fourth-order valence-electron chi connectivity index (χ4n) is 2.02. The highest BCUT2D eigenvalue weighted by Crippen LogP contribution is 2.23. The molecule has 0 radical (unpaired) electrons. The van der Waals surface area contributed by atoms with E-state index >= 15 is 0 Å². The van der Waals surface area contributed by atoms with E-state index in [1.807, 2.05) is 12.1 Å². The molecule has 0 unspecified atom stereocenters. The Balaban J connectivity index is 2.24. The molecule has 0 aliphatic carbocycles. The minimum absolute atomic E-state index is 0.0244. The maximum Gasteiger partial charge on any atom is 0.256 e. The van der Waals surface area contributed by atoms with Gasteiger partial charge in [0.15, 0.2) is 0 Å². The quantitative estimate of drug-likeness (QED) is 0.770. The topological polar surface area (TPSA) is 55.6 Å². The van der Waals surface area contributed by atoms with Crippen LogP contribution >= 0.6 is 0 Å². The van der Waals surface area contributed by atoms with Crippen LogP contribution in [0.3, 0.4) is 0 Å². The molecular formula is C12H16N2O2. The van der Waals surface area contributed by atoms with E-state index in [2.05, 4.69) is 0 Å².